The molecule has 0 aliphatic rings. The summed E-state index contributed by atoms with van der Waals surface area (Å²) in [6.45, 7) is 0. The fourth-order valence-electron chi connectivity index (χ4n) is 4.20. The lowest BCUT2D eigenvalue weighted by molar-refractivity contribution is 0.483. The van der Waals surface area contributed by atoms with Gasteiger partial charge in [0.15, 0.2) is 4.77 Å². The topological polar surface area (TPSA) is 55.2 Å². The molecule has 0 radical (unpaired) electrons. The van der Waals surface area contributed by atoms with Gasteiger partial charge in [-0.1, -0.05) is 59.6 Å². The van der Waals surface area contributed by atoms with Crippen LogP contribution in [0.4, 0.5) is 0 Å². The number of aromatic amines is 1. The molecule has 37 heavy (non-hydrogen) atoms. The van der Waals surface area contributed by atoms with Gasteiger partial charge in [0.05, 0.1) is 22.1 Å². The Bertz CT molecular complexity index is 1810. The highest BCUT2D eigenvalue weighted by Gasteiger charge is 2.19. The lowest BCUT2D eigenvalue weighted by atomic mass is 10.1. The van der Waals surface area contributed by atoms with E-state index in [9.17, 15) is 0 Å². The number of hydrogen-bond donors (Lipinski definition) is 1. The summed E-state index contributed by atoms with van der Waals surface area (Å²) >= 11 is 18.3. The largest absolute Gasteiger partial charge is 0.457 e. The number of benzene rings is 3. The Hall–Kier alpha value is -3.97. The molecule has 0 amide bonds. The van der Waals surface area contributed by atoms with E-state index < -0.39 is 0 Å². The number of ether oxygens (including phenoxy) is 1. The summed E-state index contributed by atoms with van der Waals surface area (Å²) in [5.41, 5.74) is 5.38. The molecule has 8 heteroatoms. The van der Waals surface area contributed by atoms with Crippen molar-refractivity contribution in [2.24, 2.45) is 0 Å². The van der Waals surface area contributed by atoms with Gasteiger partial charge < -0.3 is 9.72 Å². The number of pyridine rings is 1. The van der Waals surface area contributed by atoms with Crippen molar-refractivity contribution >= 4 is 41.1 Å². The number of fused-ring (bicyclic) bond motifs is 1. The molecule has 5 nitrogen and oxygen atoms in total. The van der Waals surface area contributed by atoms with E-state index in [1.165, 1.54) is 0 Å². The number of nitrogens with zero attached hydrogens (tertiary/aromatic N) is 3. The summed E-state index contributed by atoms with van der Waals surface area (Å²) in [4.78, 5) is 12.7. The number of rotatable bonds is 5. The van der Waals surface area contributed by atoms with Crippen LogP contribution in [0.3, 0.4) is 0 Å². The van der Waals surface area contributed by atoms with E-state index in [1.54, 1.807) is 12.1 Å². The van der Waals surface area contributed by atoms with Crippen molar-refractivity contribution in [1.29, 1.82) is 0 Å². The predicted octanol–water partition coefficient (Wildman–Crippen LogP) is 8.89. The van der Waals surface area contributed by atoms with Crippen LogP contribution >= 0.6 is 35.4 Å². The van der Waals surface area contributed by atoms with Gasteiger partial charge in [0, 0.05) is 22.3 Å². The van der Waals surface area contributed by atoms with Crippen LogP contribution in [-0.2, 0) is 0 Å². The molecule has 0 saturated carbocycles. The van der Waals surface area contributed by atoms with Crippen molar-refractivity contribution < 1.29 is 4.74 Å². The Balaban J connectivity index is 1.50. The number of H-pyrrole nitrogens is 1. The molecule has 0 aliphatic carbocycles. The van der Waals surface area contributed by atoms with Crippen molar-refractivity contribution in [2.45, 2.75) is 0 Å². The molecule has 3 aromatic heterocycles. The maximum Gasteiger partial charge on any atom is 0.197 e. The van der Waals surface area contributed by atoms with Crippen molar-refractivity contribution in [2.75, 3.05) is 0 Å². The minimum absolute atomic E-state index is 0.348. The van der Waals surface area contributed by atoms with Gasteiger partial charge >= 0.3 is 0 Å². The van der Waals surface area contributed by atoms with Crippen LogP contribution in [0.25, 0.3) is 39.5 Å². The standard InChI is InChI=1S/C29H18Cl2N4OS/c30-19-12-13-22(23(31)16-19)27-28(35-14-5-4-11-26(35)34-27)25-17-24(32-29(37)33-25)18-7-6-10-21(15-18)36-20-8-2-1-3-9-20/h1-17H,(H,32,33,37). The van der Waals surface area contributed by atoms with Crippen molar-refractivity contribution in [3.8, 4) is 45.4 Å². The third kappa shape index (κ3) is 4.74. The quantitative estimate of drug-likeness (QED) is 0.222. The average Bonchev–Trinajstić information content (AvgIpc) is 3.28. The molecule has 0 spiro atoms. The minimum Gasteiger partial charge on any atom is -0.457 e. The first-order valence-electron chi connectivity index (χ1n) is 11.4. The van der Waals surface area contributed by atoms with Crippen molar-refractivity contribution in [3.63, 3.8) is 0 Å². The summed E-state index contributed by atoms with van der Waals surface area (Å²) in [7, 11) is 0. The van der Waals surface area contributed by atoms with Crippen LogP contribution in [0.2, 0.25) is 10.0 Å². The SMILES string of the molecule is S=c1nc(-c2cccc(Oc3ccccc3)c2)cc(-c2c(-c3ccc(Cl)cc3Cl)nc3ccccn23)[nH]1. The summed E-state index contributed by atoms with van der Waals surface area (Å²) in [5, 5.41) is 1.07. The van der Waals surface area contributed by atoms with Gasteiger partial charge in [-0.2, -0.15) is 0 Å². The van der Waals surface area contributed by atoms with E-state index >= 15 is 0 Å². The smallest absolute Gasteiger partial charge is 0.197 e. The van der Waals surface area contributed by atoms with Crippen LogP contribution < -0.4 is 4.74 Å². The van der Waals surface area contributed by atoms with Crippen LogP contribution in [-0.4, -0.2) is 19.4 Å². The number of hydrogen-bond acceptors (Lipinski definition) is 4. The van der Waals surface area contributed by atoms with E-state index in [2.05, 4.69) is 9.97 Å². The highest BCUT2D eigenvalue weighted by atomic mass is 35.5. The van der Waals surface area contributed by atoms with E-state index in [-0.39, 0.29) is 0 Å². The number of nitrogens with one attached hydrogen (secondary N) is 1. The third-order valence-corrected chi connectivity index (χ3v) is 6.57. The van der Waals surface area contributed by atoms with Crippen LogP contribution in [0.5, 0.6) is 11.5 Å². The summed E-state index contributed by atoms with van der Waals surface area (Å²) < 4.78 is 8.38. The second kappa shape index (κ2) is 9.82. The Morgan fingerprint density at radius 2 is 1.59 bits per heavy atom. The molecule has 1 N–H and O–H groups in total. The molecular weight excluding hydrogens is 523 g/mol. The van der Waals surface area contributed by atoms with E-state index in [4.69, 9.17) is 45.1 Å². The van der Waals surface area contributed by atoms with Crippen LogP contribution in [0, 0.1) is 4.77 Å². The number of halogens is 2. The summed E-state index contributed by atoms with van der Waals surface area (Å²) in [6, 6.07) is 30.6. The molecule has 0 bridgehead atoms. The van der Waals surface area contributed by atoms with Crippen LogP contribution in [0.15, 0.2) is 103 Å². The fraction of sp³-hybridized carbons (Fsp3) is 0. The molecular formula is C29H18Cl2N4OS. The van der Waals surface area contributed by atoms with Gasteiger partial charge in [-0.05, 0) is 72.9 Å². The first-order valence-corrected chi connectivity index (χ1v) is 12.6. The van der Waals surface area contributed by atoms with Gasteiger partial charge in [-0.15, -0.1) is 0 Å². The molecule has 180 valence electrons. The molecule has 0 aliphatic heterocycles. The van der Waals surface area contributed by atoms with Gasteiger partial charge in [0.1, 0.15) is 22.8 Å². The molecule has 6 rings (SSSR count). The average molecular weight is 541 g/mol. The summed E-state index contributed by atoms with van der Waals surface area (Å²) in [6.07, 6.45) is 1.95. The molecule has 0 fully saturated rings. The van der Waals surface area contributed by atoms with Gasteiger partial charge in [0.25, 0.3) is 0 Å². The summed E-state index contributed by atoms with van der Waals surface area (Å²) in [5.74, 6) is 1.46. The van der Waals surface area contributed by atoms with Gasteiger partial charge in [0.2, 0.25) is 0 Å². The third-order valence-electron chi connectivity index (χ3n) is 5.82. The maximum atomic E-state index is 6.60. The molecule has 3 heterocycles. The number of para-hydroxylation sites is 1. The monoisotopic (exact) mass is 540 g/mol. The second-order valence-corrected chi connectivity index (χ2v) is 9.52. The Kier molecular flexibility index (Phi) is 6.22. The minimum atomic E-state index is 0.348. The lowest BCUT2D eigenvalue weighted by Gasteiger charge is -2.10. The molecule has 6 aromatic rings. The zero-order valence-electron chi connectivity index (χ0n) is 19.2. The van der Waals surface area contributed by atoms with Crippen LogP contribution in [0.1, 0.15) is 0 Å². The predicted molar refractivity (Wildman–Crippen MR) is 151 cm³/mol. The van der Waals surface area contributed by atoms with Crippen molar-refractivity contribution in [1.82, 2.24) is 19.4 Å². The molecule has 3 aromatic carbocycles. The Morgan fingerprint density at radius 3 is 2.43 bits per heavy atom. The fourth-order valence-corrected chi connectivity index (χ4v) is 4.91. The number of aromatic nitrogens is 4. The first-order chi connectivity index (χ1) is 18.0. The van der Waals surface area contributed by atoms with Crippen molar-refractivity contribution in [3.05, 3.63) is 118 Å². The highest BCUT2D eigenvalue weighted by Crippen LogP contribution is 2.37. The van der Waals surface area contributed by atoms with E-state index in [1.807, 2.05) is 95.5 Å². The first kappa shape index (κ1) is 23.4. The van der Waals surface area contributed by atoms with Gasteiger partial charge in [-0.25, -0.2) is 9.97 Å². The lowest BCUT2D eigenvalue weighted by Crippen LogP contribution is -1.96. The Labute approximate surface area is 228 Å². The molecule has 0 atom stereocenters. The zero-order chi connectivity index (χ0) is 25.4. The Morgan fingerprint density at radius 1 is 0.784 bits per heavy atom. The van der Waals surface area contributed by atoms with Gasteiger partial charge in [-0.3, -0.25) is 4.40 Å². The maximum absolute atomic E-state index is 6.60. The van der Waals surface area contributed by atoms with E-state index in [0.29, 0.717) is 32.0 Å². The molecule has 0 unspecified atom stereocenters. The second-order valence-electron chi connectivity index (χ2n) is 8.29. The molecule has 0 saturated heterocycles. The van der Waals surface area contributed by atoms with E-state index in [0.717, 1.165) is 33.9 Å². The number of imidazole rings is 1. The highest BCUT2D eigenvalue weighted by molar-refractivity contribution is 7.71. The normalized spacial score (nSPS) is 11.1. The zero-order valence-corrected chi connectivity index (χ0v) is 21.6.